The Kier molecular flexibility index (Phi) is 9.36. The Bertz CT molecular complexity index is 335. The van der Waals surface area contributed by atoms with Gasteiger partial charge < -0.3 is 24.1 Å². The van der Waals surface area contributed by atoms with Crippen LogP contribution < -0.4 is 4.18 Å². The van der Waals surface area contributed by atoms with Crippen molar-refractivity contribution in [1.82, 2.24) is 0 Å². The van der Waals surface area contributed by atoms with Crippen molar-refractivity contribution in [1.29, 1.82) is 0 Å². The maximum atomic E-state index is 9.95. The van der Waals surface area contributed by atoms with E-state index < -0.39 is 16.8 Å². The van der Waals surface area contributed by atoms with Gasteiger partial charge in [0.05, 0.1) is 19.8 Å². The first-order valence-corrected chi connectivity index (χ1v) is 6.68. The molecular formula is C12H19O6S-. The second kappa shape index (κ2) is 9.88. The summed E-state index contributed by atoms with van der Waals surface area (Å²) in [6.07, 6.45) is 0.594. The van der Waals surface area contributed by atoms with Crippen LogP contribution >= 0.6 is 0 Å². The van der Waals surface area contributed by atoms with Crippen molar-refractivity contribution in [3.63, 3.8) is 0 Å². The monoisotopic (exact) mass is 291 g/mol. The highest BCUT2D eigenvalue weighted by atomic mass is 32.2. The Morgan fingerprint density at radius 3 is 1.89 bits per heavy atom. The highest BCUT2D eigenvalue weighted by Crippen LogP contribution is 2.18. The van der Waals surface area contributed by atoms with Crippen molar-refractivity contribution in [2.75, 3.05) is 19.8 Å². The first-order valence-electron chi connectivity index (χ1n) is 5.68. The molecule has 19 heavy (non-hydrogen) atoms. The molecule has 7 heteroatoms. The molecule has 0 radical (unpaired) electrons. The number of aliphatic hydroxyl groups excluding tert-OH is 3. The van der Waals surface area contributed by atoms with Gasteiger partial charge in [-0.2, -0.15) is 0 Å². The fraction of sp³-hybridized carbons (Fsp3) is 0.500. The smallest absolute Gasteiger partial charge is 0.139 e. The van der Waals surface area contributed by atoms with E-state index in [1.807, 2.05) is 6.92 Å². The molecule has 6 nitrogen and oxygen atoms in total. The summed E-state index contributed by atoms with van der Waals surface area (Å²) >= 11 is -2.47. The molecule has 1 aromatic rings. The lowest BCUT2D eigenvalue weighted by atomic mass is 9.88. The third kappa shape index (κ3) is 7.24. The Hall–Kier alpha value is -0.990. The molecule has 0 spiro atoms. The minimum Gasteiger partial charge on any atom is -0.740 e. The van der Waals surface area contributed by atoms with Crippen LogP contribution in [0.25, 0.3) is 0 Å². The third-order valence-electron chi connectivity index (χ3n) is 2.66. The van der Waals surface area contributed by atoms with E-state index in [4.69, 9.17) is 15.3 Å². The molecule has 1 atom stereocenters. The number of aliphatic hydroxyl groups is 3. The molecule has 0 amide bonds. The van der Waals surface area contributed by atoms with Gasteiger partial charge in [0.2, 0.25) is 0 Å². The molecule has 3 N–H and O–H groups in total. The van der Waals surface area contributed by atoms with Crippen LogP contribution in [-0.2, 0) is 11.4 Å². The van der Waals surface area contributed by atoms with E-state index in [0.29, 0.717) is 12.2 Å². The zero-order chi connectivity index (χ0) is 14.7. The van der Waals surface area contributed by atoms with Crippen LogP contribution in [0.4, 0.5) is 0 Å². The lowest BCUT2D eigenvalue weighted by Gasteiger charge is -2.24. The zero-order valence-electron chi connectivity index (χ0n) is 10.7. The standard InChI is InChI=1S/C6H6O3S.C6H14O3/c7-10(8)9-6-4-2-1-3-5-6;1-2-6(3-7,4-8)5-9/h1-5H,(H,7,8);7-9H,2-5H2,1H3/p-1. The first kappa shape index (κ1) is 18.0. The van der Waals surface area contributed by atoms with Crippen LogP contribution in [0.5, 0.6) is 5.75 Å². The second-order valence-corrected chi connectivity index (χ2v) is 4.50. The van der Waals surface area contributed by atoms with Gasteiger partial charge in [0, 0.05) is 5.41 Å². The molecule has 0 bridgehead atoms. The van der Waals surface area contributed by atoms with Crippen LogP contribution in [0.2, 0.25) is 0 Å². The Morgan fingerprint density at radius 2 is 1.63 bits per heavy atom. The van der Waals surface area contributed by atoms with Gasteiger partial charge >= 0.3 is 0 Å². The summed E-state index contributed by atoms with van der Waals surface area (Å²) < 4.78 is 24.2. The molecule has 0 saturated heterocycles. The van der Waals surface area contributed by atoms with E-state index in [0.717, 1.165) is 0 Å². The molecule has 0 fully saturated rings. The fourth-order valence-corrected chi connectivity index (χ4v) is 1.31. The SMILES string of the molecule is CCC(CO)(CO)CO.O=S([O-])Oc1ccccc1. The van der Waals surface area contributed by atoms with Crippen molar-refractivity contribution in [2.45, 2.75) is 13.3 Å². The number of benzene rings is 1. The fourth-order valence-electron chi connectivity index (χ4n) is 1.04. The molecule has 110 valence electrons. The molecule has 0 saturated carbocycles. The van der Waals surface area contributed by atoms with E-state index in [-0.39, 0.29) is 19.8 Å². The van der Waals surface area contributed by atoms with Gasteiger partial charge in [-0.25, -0.2) is 4.21 Å². The number of hydrogen-bond donors (Lipinski definition) is 3. The highest BCUT2D eigenvalue weighted by molar-refractivity contribution is 7.74. The van der Waals surface area contributed by atoms with Gasteiger partial charge in [0.25, 0.3) is 0 Å². The maximum Gasteiger partial charge on any atom is 0.139 e. The van der Waals surface area contributed by atoms with E-state index in [9.17, 15) is 8.76 Å². The van der Waals surface area contributed by atoms with Crippen molar-refractivity contribution >= 4 is 11.4 Å². The molecule has 1 aromatic carbocycles. The minimum absolute atomic E-state index is 0.156. The summed E-state index contributed by atoms with van der Waals surface area (Å²) in [6.45, 7) is 1.35. The predicted molar refractivity (Wildman–Crippen MR) is 70.0 cm³/mol. The van der Waals surface area contributed by atoms with Crippen molar-refractivity contribution in [3.8, 4) is 5.75 Å². The maximum absolute atomic E-state index is 9.95. The Morgan fingerprint density at radius 1 is 1.16 bits per heavy atom. The largest absolute Gasteiger partial charge is 0.740 e. The average molecular weight is 291 g/mol. The van der Waals surface area contributed by atoms with Gasteiger partial charge in [-0.1, -0.05) is 25.1 Å². The summed E-state index contributed by atoms with van der Waals surface area (Å²) in [6, 6.07) is 8.30. The number of para-hydroxylation sites is 1. The van der Waals surface area contributed by atoms with Crippen molar-refractivity contribution in [3.05, 3.63) is 30.3 Å². The summed E-state index contributed by atoms with van der Waals surface area (Å²) in [5.74, 6) is 0.329. The van der Waals surface area contributed by atoms with Crippen LogP contribution in [0.3, 0.4) is 0 Å². The quantitative estimate of drug-likeness (QED) is 0.647. The average Bonchev–Trinajstić information content (AvgIpc) is 2.43. The van der Waals surface area contributed by atoms with Gasteiger partial charge in [-0.3, -0.25) is 0 Å². The van der Waals surface area contributed by atoms with Crippen LogP contribution in [0.1, 0.15) is 13.3 Å². The Labute approximate surface area is 115 Å². The summed E-state index contributed by atoms with van der Waals surface area (Å²) in [4.78, 5) is 0. The molecule has 0 aliphatic heterocycles. The molecular weight excluding hydrogens is 272 g/mol. The minimum atomic E-state index is -2.47. The van der Waals surface area contributed by atoms with E-state index in [1.165, 1.54) is 0 Å². The number of hydrogen-bond acceptors (Lipinski definition) is 6. The second-order valence-electron chi connectivity index (χ2n) is 3.93. The van der Waals surface area contributed by atoms with Gasteiger partial charge in [0.15, 0.2) is 0 Å². The van der Waals surface area contributed by atoms with Gasteiger partial charge in [-0.15, -0.1) is 0 Å². The third-order valence-corrected chi connectivity index (χ3v) is 2.99. The van der Waals surface area contributed by atoms with Crippen LogP contribution in [-0.4, -0.2) is 43.9 Å². The molecule has 0 aliphatic rings. The summed E-state index contributed by atoms with van der Waals surface area (Å²) in [7, 11) is 0. The summed E-state index contributed by atoms with van der Waals surface area (Å²) in [5, 5.41) is 26.0. The number of rotatable bonds is 6. The first-order chi connectivity index (χ1) is 9.03. The lowest BCUT2D eigenvalue weighted by molar-refractivity contribution is 0.00304. The van der Waals surface area contributed by atoms with Crippen molar-refractivity contribution in [2.24, 2.45) is 5.41 Å². The molecule has 0 heterocycles. The van der Waals surface area contributed by atoms with E-state index >= 15 is 0 Å². The molecule has 0 aliphatic carbocycles. The zero-order valence-corrected chi connectivity index (χ0v) is 11.5. The van der Waals surface area contributed by atoms with Crippen LogP contribution in [0, 0.1) is 5.41 Å². The molecule has 1 unspecified atom stereocenters. The normalized spacial score (nSPS) is 12.3. The van der Waals surface area contributed by atoms with Crippen molar-refractivity contribution < 1.29 is 28.3 Å². The molecule has 0 aromatic heterocycles. The van der Waals surface area contributed by atoms with E-state index in [2.05, 4.69) is 4.18 Å². The van der Waals surface area contributed by atoms with E-state index in [1.54, 1.807) is 30.3 Å². The Balaban J connectivity index is 0.000000344. The molecule has 1 rings (SSSR count). The predicted octanol–water partition coefficient (Wildman–Crippen LogP) is 0.219. The lowest BCUT2D eigenvalue weighted by Crippen LogP contribution is -2.32. The topological polar surface area (TPSA) is 110 Å². The van der Waals surface area contributed by atoms with Gasteiger partial charge in [-0.05, 0) is 18.6 Å². The highest BCUT2D eigenvalue weighted by Gasteiger charge is 2.24. The van der Waals surface area contributed by atoms with Gasteiger partial charge in [0.1, 0.15) is 17.1 Å². The van der Waals surface area contributed by atoms with Crippen LogP contribution in [0.15, 0.2) is 30.3 Å². The summed E-state index contributed by atoms with van der Waals surface area (Å²) in [5.41, 5.74) is -0.667.